The molecule has 0 aromatic heterocycles. The fourth-order valence-electron chi connectivity index (χ4n) is 3.07. The standard InChI is InChI=1S/C20H25N/c1-5-13-21(15-18-9-7-6-8-10-18)20-14-19(16(2)3)12-11-17(20)4/h1,6-11,19-20H,2,12-15H2,3-4H3/t19-,20-/m0/s1. The van der Waals surface area contributed by atoms with Gasteiger partial charge in [0.1, 0.15) is 0 Å². The molecule has 0 fully saturated rings. The van der Waals surface area contributed by atoms with Crippen molar-refractivity contribution in [1.82, 2.24) is 4.90 Å². The second-order valence-electron chi connectivity index (χ2n) is 6.07. The van der Waals surface area contributed by atoms with Crippen molar-refractivity contribution in [1.29, 1.82) is 0 Å². The van der Waals surface area contributed by atoms with E-state index in [1.807, 2.05) is 0 Å². The van der Waals surface area contributed by atoms with Crippen LogP contribution in [0.3, 0.4) is 0 Å². The zero-order valence-electron chi connectivity index (χ0n) is 13.2. The molecular formula is C20H25N. The second-order valence-corrected chi connectivity index (χ2v) is 6.07. The Morgan fingerprint density at radius 1 is 1.38 bits per heavy atom. The van der Waals surface area contributed by atoms with E-state index in [0.29, 0.717) is 18.5 Å². The maximum Gasteiger partial charge on any atom is 0.0607 e. The highest BCUT2D eigenvalue weighted by Gasteiger charge is 2.27. The molecule has 110 valence electrons. The summed E-state index contributed by atoms with van der Waals surface area (Å²) < 4.78 is 0. The van der Waals surface area contributed by atoms with Crippen molar-refractivity contribution in [2.24, 2.45) is 5.92 Å². The van der Waals surface area contributed by atoms with E-state index in [2.05, 4.69) is 67.7 Å². The number of allylic oxidation sites excluding steroid dienone is 2. The van der Waals surface area contributed by atoms with Gasteiger partial charge in [0.05, 0.1) is 6.54 Å². The van der Waals surface area contributed by atoms with E-state index >= 15 is 0 Å². The van der Waals surface area contributed by atoms with Crippen LogP contribution in [0.4, 0.5) is 0 Å². The quantitative estimate of drug-likeness (QED) is 0.569. The van der Waals surface area contributed by atoms with Gasteiger partial charge in [0.25, 0.3) is 0 Å². The zero-order valence-corrected chi connectivity index (χ0v) is 13.2. The molecule has 1 nitrogen and oxygen atoms in total. The van der Waals surface area contributed by atoms with Crippen LogP contribution in [0.1, 0.15) is 32.3 Å². The number of terminal acetylenes is 1. The third-order valence-corrected chi connectivity index (χ3v) is 4.42. The molecular weight excluding hydrogens is 254 g/mol. The number of hydrogen-bond donors (Lipinski definition) is 0. The molecule has 1 aromatic carbocycles. The summed E-state index contributed by atoms with van der Waals surface area (Å²) in [5.74, 6) is 3.40. The molecule has 1 aromatic rings. The van der Waals surface area contributed by atoms with Gasteiger partial charge in [0.2, 0.25) is 0 Å². The van der Waals surface area contributed by atoms with Crippen molar-refractivity contribution in [2.75, 3.05) is 6.54 Å². The Bertz CT molecular complexity index is 547. The molecule has 0 radical (unpaired) electrons. The van der Waals surface area contributed by atoms with Gasteiger partial charge in [-0.2, -0.15) is 0 Å². The normalized spacial score (nSPS) is 21.7. The van der Waals surface area contributed by atoms with Crippen LogP contribution < -0.4 is 0 Å². The van der Waals surface area contributed by atoms with Crippen LogP contribution in [0.5, 0.6) is 0 Å². The molecule has 2 rings (SSSR count). The first kappa shape index (κ1) is 15.6. The molecule has 0 N–H and O–H groups in total. The molecule has 1 heteroatoms. The highest BCUT2D eigenvalue weighted by Crippen LogP contribution is 2.32. The Labute approximate surface area is 129 Å². The first-order chi connectivity index (χ1) is 10.1. The third-order valence-electron chi connectivity index (χ3n) is 4.42. The van der Waals surface area contributed by atoms with Crippen LogP contribution in [0, 0.1) is 18.3 Å². The fraction of sp³-hybridized carbons (Fsp3) is 0.400. The summed E-state index contributed by atoms with van der Waals surface area (Å²) in [5, 5.41) is 0. The van der Waals surface area contributed by atoms with Gasteiger partial charge in [-0.1, -0.05) is 60.1 Å². The van der Waals surface area contributed by atoms with Crippen LogP contribution in [0.25, 0.3) is 0 Å². The Hall–Kier alpha value is -1.78. The SMILES string of the molecule is C#CCN(Cc1ccccc1)[C@H]1C[C@@H](C(=C)C)CC=C1C. The highest BCUT2D eigenvalue weighted by molar-refractivity contribution is 5.20. The summed E-state index contributed by atoms with van der Waals surface area (Å²) in [6, 6.07) is 11.0. The van der Waals surface area contributed by atoms with Crippen molar-refractivity contribution in [3.63, 3.8) is 0 Å². The molecule has 0 saturated carbocycles. The lowest BCUT2D eigenvalue weighted by Gasteiger charge is -2.37. The van der Waals surface area contributed by atoms with E-state index in [4.69, 9.17) is 6.42 Å². The molecule has 21 heavy (non-hydrogen) atoms. The minimum atomic E-state index is 0.428. The van der Waals surface area contributed by atoms with Gasteiger partial charge in [0, 0.05) is 12.6 Å². The number of benzene rings is 1. The van der Waals surface area contributed by atoms with Gasteiger partial charge in [-0.15, -0.1) is 6.42 Å². The summed E-state index contributed by atoms with van der Waals surface area (Å²) in [7, 11) is 0. The van der Waals surface area contributed by atoms with Crippen molar-refractivity contribution >= 4 is 0 Å². The molecule has 0 saturated heterocycles. The monoisotopic (exact) mass is 279 g/mol. The molecule has 1 aliphatic rings. The largest absolute Gasteiger partial charge is 0.281 e. The van der Waals surface area contributed by atoms with E-state index in [1.54, 1.807) is 0 Å². The van der Waals surface area contributed by atoms with Crippen LogP contribution in [-0.2, 0) is 6.54 Å². The molecule has 0 unspecified atom stereocenters. The summed E-state index contributed by atoms with van der Waals surface area (Å²) in [5.41, 5.74) is 4.04. The average molecular weight is 279 g/mol. The smallest absolute Gasteiger partial charge is 0.0607 e. The molecule has 2 atom stereocenters. The van der Waals surface area contributed by atoms with Gasteiger partial charge in [-0.25, -0.2) is 0 Å². The van der Waals surface area contributed by atoms with E-state index < -0.39 is 0 Å². The van der Waals surface area contributed by atoms with Crippen molar-refractivity contribution < 1.29 is 0 Å². The Kier molecular flexibility index (Phi) is 5.42. The maximum atomic E-state index is 5.60. The maximum absolute atomic E-state index is 5.60. The van der Waals surface area contributed by atoms with Crippen molar-refractivity contribution in [2.45, 2.75) is 39.3 Å². The van der Waals surface area contributed by atoms with Gasteiger partial charge in [0.15, 0.2) is 0 Å². The van der Waals surface area contributed by atoms with Gasteiger partial charge in [-0.05, 0) is 38.2 Å². The zero-order chi connectivity index (χ0) is 15.2. The predicted molar refractivity (Wildman–Crippen MR) is 90.8 cm³/mol. The summed E-state index contributed by atoms with van der Waals surface area (Å²) >= 11 is 0. The van der Waals surface area contributed by atoms with E-state index in [-0.39, 0.29) is 0 Å². The number of hydrogen-bond acceptors (Lipinski definition) is 1. The van der Waals surface area contributed by atoms with Crippen molar-refractivity contribution in [3.05, 3.63) is 59.7 Å². The molecule has 1 aliphatic carbocycles. The first-order valence-electron chi connectivity index (χ1n) is 7.65. The van der Waals surface area contributed by atoms with Crippen LogP contribution in [-0.4, -0.2) is 17.5 Å². The highest BCUT2D eigenvalue weighted by atomic mass is 15.1. The van der Waals surface area contributed by atoms with Gasteiger partial charge < -0.3 is 0 Å². The van der Waals surface area contributed by atoms with E-state index in [9.17, 15) is 0 Å². The summed E-state index contributed by atoms with van der Waals surface area (Å²) in [6.07, 6.45) is 10.2. The summed E-state index contributed by atoms with van der Waals surface area (Å²) in [4.78, 5) is 2.41. The lowest BCUT2D eigenvalue weighted by Crippen LogP contribution is -2.39. The van der Waals surface area contributed by atoms with Crippen molar-refractivity contribution in [3.8, 4) is 12.3 Å². The molecule has 0 amide bonds. The third kappa shape index (κ3) is 4.09. The van der Waals surface area contributed by atoms with Crippen LogP contribution >= 0.6 is 0 Å². The van der Waals surface area contributed by atoms with Gasteiger partial charge in [-0.3, -0.25) is 4.90 Å². The van der Waals surface area contributed by atoms with E-state index in [1.165, 1.54) is 16.7 Å². The van der Waals surface area contributed by atoms with Crippen LogP contribution in [0.2, 0.25) is 0 Å². The predicted octanol–water partition coefficient (Wildman–Crippen LogP) is 4.42. The molecule has 0 aliphatic heterocycles. The first-order valence-corrected chi connectivity index (χ1v) is 7.65. The summed E-state index contributed by atoms with van der Waals surface area (Å²) in [6.45, 7) is 10.1. The topological polar surface area (TPSA) is 3.24 Å². The molecule has 0 heterocycles. The Morgan fingerprint density at radius 2 is 2.10 bits per heavy atom. The fourth-order valence-corrected chi connectivity index (χ4v) is 3.07. The number of nitrogens with zero attached hydrogens (tertiary/aromatic N) is 1. The Morgan fingerprint density at radius 3 is 2.71 bits per heavy atom. The van der Waals surface area contributed by atoms with Crippen LogP contribution in [0.15, 0.2) is 54.1 Å². The average Bonchev–Trinajstić information content (AvgIpc) is 2.48. The van der Waals surface area contributed by atoms with E-state index in [0.717, 1.165) is 19.4 Å². The Balaban J connectivity index is 2.17. The number of rotatable bonds is 5. The molecule has 0 bridgehead atoms. The minimum Gasteiger partial charge on any atom is -0.281 e. The second kappa shape index (κ2) is 7.29. The lowest BCUT2D eigenvalue weighted by atomic mass is 9.82. The molecule has 0 spiro atoms. The van der Waals surface area contributed by atoms with Gasteiger partial charge >= 0.3 is 0 Å². The minimum absolute atomic E-state index is 0.428. The lowest BCUT2D eigenvalue weighted by molar-refractivity contribution is 0.205.